The first-order valence-corrected chi connectivity index (χ1v) is 12.6. The number of hydrogen-bond donors (Lipinski definition) is 1. The molecule has 172 valence electrons. The fourth-order valence-corrected chi connectivity index (χ4v) is 5.24. The molecule has 0 saturated carbocycles. The van der Waals surface area contributed by atoms with Crippen LogP contribution in [0, 0.1) is 13.8 Å². The third-order valence-corrected chi connectivity index (χ3v) is 7.53. The molecule has 1 aliphatic rings. The van der Waals surface area contributed by atoms with Gasteiger partial charge in [0.05, 0.1) is 16.5 Å². The first kappa shape index (κ1) is 22.5. The molecule has 4 aromatic rings. The Balaban J connectivity index is 1.56. The van der Waals surface area contributed by atoms with Crippen LogP contribution in [-0.4, -0.2) is 26.7 Å². The SMILES string of the molecule is CC1=C(c2nc(-c3cccs3)no2)C(c2ccc(C)c(C)c2)NC(=S)N1CCc1ccccc1. The molecule has 0 amide bonds. The first-order chi connectivity index (χ1) is 16.5. The minimum atomic E-state index is -0.170. The Hall–Kier alpha value is -3.29. The topological polar surface area (TPSA) is 54.2 Å². The van der Waals surface area contributed by atoms with Crippen molar-refractivity contribution in [2.75, 3.05) is 6.54 Å². The Morgan fingerprint density at radius 1 is 1.03 bits per heavy atom. The second-order valence-corrected chi connectivity index (χ2v) is 9.85. The zero-order chi connectivity index (χ0) is 23.7. The summed E-state index contributed by atoms with van der Waals surface area (Å²) < 4.78 is 5.83. The highest BCUT2D eigenvalue weighted by atomic mass is 32.1. The Morgan fingerprint density at radius 3 is 2.59 bits per heavy atom. The summed E-state index contributed by atoms with van der Waals surface area (Å²) in [6.45, 7) is 7.11. The van der Waals surface area contributed by atoms with E-state index >= 15 is 0 Å². The number of thiocarbonyl (C=S) groups is 1. The Bertz CT molecular complexity index is 1340. The molecule has 5 rings (SSSR count). The molecule has 1 aliphatic heterocycles. The van der Waals surface area contributed by atoms with E-state index in [2.05, 4.69) is 78.6 Å². The quantitative estimate of drug-likeness (QED) is 0.322. The third kappa shape index (κ3) is 4.41. The van der Waals surface area contributed by atoms with Gasteiger partial charge in [-0.2, -0.15) is 4.98 Å². The van der Waals surface area contributed by atoms with Gasteiger partial charge in [-0.15, -0.1) is 11.3 Å². The summed E-state index contributed by atoms with van der Waals surface area (Å²) in [6.07, 6.45) is 0.881. The molecule has 3 heterocycles. The van der Waals surface area contributed by atoms with Crippen molar-refractivity contribution in [3.05, 3.63) is 99.9 Å². The summed E-state index contributed by atoms with van der Waals surface area (Å²) in [5, 5.41) is 10.6. The van der Waals surface area contributed by atoms with Gasteiger partial charge in [0.15, 0.2) is 5.11 Å². The summed E-state index contributed by atoms with van der Waals surface area (Å²) in [4.78, 5) is 7.91. The molecule has 2 aromatic heterocycles. The zero-order valence-corrected chi connectivity index (χ0v) is 21.0. The van der Waals surface area contributed by atoms with E-state index in [4.69, 9.17) is 21.7 Å². The number of aryl methyl sites for hydroxylation is 2. The molecule has 1 unspecified atom stereocenters. The van der Waals surface area contributed by atoms with Gasteiger partial charge in [-0.25, -0.2) is 0 Å². The second-order valence-electron chi connectivity index (χ2n) is 8.51. The van der Waals surface area contributed by atoms with Gasteiger partial charge >= 0.3 is 0 Å². The van der Waals surface area contributed by atoms with Crippen molar-refractivity contribution in [1.82, 2.24) is 20.4 Å². The van der Waals surface area contributed by atoms with Crippen LogP contribution in [0.2, 0.25) is 0 Å². The predicted molar refractivity (Wildman–Crippen MR) is 141 cm³/mol. The number of hydrogen-bond acceptors (Lipinski definition) is 5. The molecule has 0 radical (unpaired) electrons. The highest BCUT2D eigenvalue weighted by Crippen LogP contribution is 2.38. The molecule has 0 saturated heterocycles. The van der Waals surface area contributed by atoms with Gasteiger partial charge in [-0.3, -0.25) is 0 Å². The maximum Gasteiger partial charge on any atom is 0.258 e. The highest BCUT2D eigenvalue weighted by Gasteiger charge is 2.34. The van der Waals surface area contributed by atoms with Crippen molar-refractivity contribution in [1.29, 1.82) is 0 Å². The minimum Gasteiger partial charge on any atom is -0.351 e. The maximum atomic E-state index is 5.84. The molecule has 5 nitrogen and oxygen atoms in total. The number of benzene rings is 2. The van der Waals surface area contributed by atoms with Gasteiger partial charge in [0.25, 0.3) is 5.89 Å². The lowest BCUT2D eigenvalue weighted by molar-refractivity contribution is 0.397. The van der Waals surface area contributed by atoms with Gasteiger partial charge in [0.2, 0.25) is 5.82 Å². The molecule has 1 N–H and O–H groups in total. The number of thiophene rings is 1. The average molecular weight is 487 g/mol. The van der Waals surface area contributed by atoms with Crippen LogP contribution in [0.3, 0.4) is 0 Å². The number of allylic oxidation sites excluding steroid dienone is 1. The van der Waals surface area contributed by atoms with E-state index in [1.165, 1.54) is 16.7 Å². The van der Waals surface area contributed by atoms with Crippen LogP contribution in [0.5, 0.6) is 0 Å². The van der Waals surface area contributed by atoms with E-state index in [-0.39, 0.29) is 6.04 Å². The zero-order valence-electron chi connectivity index (χ0n) is 19.4. The summed E-state index contributed by atoms with van der Waals surface area (Å²) in [5.41, 5.74) is 6.88. The summed E-state index contributed by atoms with van der Waals surface area (Å²) in [6, 6.07) is 20.8. The monoisotopic (exact) mass is 486 g/mol. The van der Waals surface area contributed by atoms with Crippen molar-refractivity contribution < 1.29 is 4.52 Å². The second kappa shape index (κ2) is 9.52. The first-order valence-electron chi connectivity index (χ1n) is 11.3. The van der Waals surface area contributed by atoms with Gasteiger partial charge in [-0.05, 0) is 73.1 Å². The Kier molecular flexibility index (Phi) is 6.30. The van der Waals surface area contributed by atoms with E-state index in [0.29, 0.717) is 16.8 Å². The van der Waals surface area contributed by atoms with Gasteiger partial charge in [0.1, 0.15) is 0 Å². The molecule has 2 aromatic carbocycles. The van der Waals surface area contributed by atoms with E-state index in [0.717, 1.165) is 34.7 Å². The van der Waals surface area contributed by atoms with Crippen LogP contribution in [0.25, 0.3) is 16.3 Å². The smallest absolute Gasteiger partial charge is 0.258 e. The number of aromatic nitrogens is 2. The molecule has 0 aliphatic carbocycles. The van der Waals surface area contributed by atoms with Crippen molar-refractivity contribution in [3.8, 4) is 10.7 Å². The van der Waals surface area contributed by atoms with E-state index in [9.17, 15) is 0 Å². The van der Waals surface area contributed by atoms with Crippen LogP contribution in [0.4, 0.5) is 0 Å². The minimum absolute atomic E-state index is 0.170. The highest BCUT2D eigenvalue weighted by molar-refractivity contribution is 7.80. The van der Waals surface area contributed by atoms with Crippen LogP contribution in [0.1, 0.15) is 41.1 Å². The lowest BCUT2D eigenvalue weighted by Crippen LogP contribution is -2.46. The molecule has 0 spiro atoms. The van der Waals surface area contributed by atoms with Crippen LogP contribution >= 0.6 is 23.6 Å². The van der Waals surface area contributed by atoms with Crippen molar-refractivity contribution >= 4 is 34.2 Å². The lowest BCUT2D eigenvalue weighted by Gasteiger charge is -2.37. The van der Waals surface area contributed by atoms with Gasteiger partial charge < -0.3 is 14.7 Å². The maximum absolute atomic E-state index is 5.84. The van der Waals surface area contributed by atoms with E-state index < -0.39 is 0 Å². The molecule has 7 heteroatoms. The van der Waals surface area contributed by atoms with Crippen LogP contribution in [-0.2, 0) is 6.42 Å². The fourth-order valence-electron chi connectivity index (χ4n) is 4.25. The molecule has 0 bridgehead atoms. The number of nitrogens with zero attached hydrogens (tertiary/aromatic N) is 3. The molecular formula is C27H26N4OS2. The fraction of sp³-hybridized carbons (Fsp3) is 0.222. The van der Waals surface area contributed by atoms with Gasteiger partial charge in [0, 0.05) is 12.2 Å². The lowest BCUT2D eigenvalue weighted by atomic mass is 9.92. The molecular weight excluding hydrogens is 460 g/mol. The van der Waals surface area contributed by atoms with Crippen molar-refractivity contribution in [2.24, 2.45) is 0 Å². The predicted octanol–water partition coefficient (Wildman–Crippen LogP) is 6.32. The Labute approximate surface area is 209 Å². The summed E-state index contributed by atoms with van der Waals surface area (Å²) >= 11 is 7.44. The normalized spacial score (nSPS) is 16.1. The largest absolute Gasteiger partial charge is 0.351 e. The molecule has 34 heavy (non-hydrogen) atoms. The van der Waals surface area contributed by atoms with Crippen molar-refractivity contribution in [3.63, 3.8) is 0 Å². The molecule has 0 fully saturated rings. The molecule has 1 atom stereocenters. The van der Waals surface area contributed by atoms with Crippen molar-refractivity contribution in [2.45, 2.75) is 33.2 Å². The number of rotatable bonds is 6. The standard InChI is InChI=1S/C27H26N4OS2/c1-17-11-12-21(16-18(17)2)24-23(26-29-25(30-32-26)22-10-7-15-34-22)19(3)31(27(33)28-24)14-13-20-8-5-4-6-9-20/h4-12,15-16,24H,13-14H2,1-3H3,(H,28,33). The van der Waals surface area contributed by atoms with Crippen LogP contribution in [0.15, 0.2) is 76.3 Å². The third-order valence-electron chi connectivity index (χ3n) is 6.33. The number of nitrogens with one attached hydrogen (secondary N) is 1. The summed E-state index contributed by atoms with van der Waals surface area (Å²) in [7, 11) is 0. The average Bonchev–Trinajstić information content (AvgIpc) is 3.53. The summed E-state index contributed by atoms with van der Waals surface area (Å²) in [5.74, 6) is 1.12. The van der Waals surface area contributed by atoms with E-state index in [1.54, 1.807) is 11.3 Å². The van der Waals surface area contributed by atoms with E-state index in [1.807, 2.05) is 23.6 Å². The Morgan fingerprint density at radius 2 is 1.85 bits per heavy atom. The van der Waals surface area contributed by atoms with Crippen LogP contribution < -0.4 is 5.32 Å². The van der Waals surface area contributed by atoms with Gasteiger partial charge in [-0.1, -0.05) is 59.8 Å².